The van der Waals surface area contributed by atoms with Gasteiger partial charge in [-0.2, -0.15) is 0 Å². The van der Waals surface area contributed by atoms with E-state index in [-0.39, 0.29) is 11.2 Å². The molecule has 1 saturated heterocycles. The Morgan fingerprint density at radius 2 is 2.25 bits per heavy atom. The Kier molecular flexibility index (Phi) is 3.31. The third-order valence-electron chi connectivity index (χ3n) is 3.79. The van der Waals surface area contributed by atoms with Crippen LogP contribution in [0.1, 0.15) is 6.42 Å². The summed E-state index contributed by atoms with van der Waals surface area (Å²) in [4.78, 5) is 27.3. The molecule has 106 valence electrons. The van der Waals surface area contributed by atoms with E-state index in [1.807, 2.05) is 0 Å². The van der Waals surface area contributed by atoms with Crippen molar-refractivity contribution in [2.75, 3.05) is 20.2 Å². The molecule has 0 bridgehead atoms. The molecule has 6 heteroatoms. The molecule has 0 saturated carbocycles. The minimum Gasteiger partial charge on any atom is -0.497 e. The highest BCUT2D eigenvalue weighted by molar-refractivity contribution is 5.78. The summed E-state index contributed by atoms with van der Waals surface area (Å²) in [5, 5.41) is 3.75. The number of methoxy groups -OCH3 is 1. The zero-order valence-electron chi connectivity index (χ0n) is 11.3. The van der Waals surface area contributed by atoms with E-state index in [0.717, 1.165) is 19.5 Å². The predicted octanol–water partition coefficient (Wildman–Crippen LogP) is 0.308. The predicted molar refractivity (Wildman–Crippen MR) is 76.4 cm³/mol. The van der Waals surface area contributed by atoms with Crippen LogP contribution in [0, 0.1) is 5.92 Å². The Bertz CT molecular complexity index is 741. The normalized spacial score (nSPS) is 18.6. The number of fused-ring (bicyclic) bond motifs is 1. The van der Waals surface area contributed by atoms with Crippen LogP contribution in [-0.2, 0) is 6.54 Å². The summed E-state index contributed by atoms with van der Waals surface area (Å²) >= 11 is 0. The first-order valence-corrected chi connectivity index (χ1v) is 6.70. The number of ether oxygens (including phenoxy) is 1. The van der Waals surface area contributed by atoms with E-state index >= 15 is 0 Å². The van der Waals surface area contributed by atoms with Crippen LogP contribution >= 0.6 is 0 Å². The molecule has 2 N–H and O–H groups in total. The minimum absolute atomic E-state index is 0.238. The van der Waals surface area contributed by atoms with Crippen LogP contribution in [0.3, 0.4) is 0 Å². The molecule has 1 unspecified atom stereocenters. The SMILES string of the molecule is COc1ccc2c(=O)n(CC3CCNC3)c(=O)[nH]c2c1. The summed E-state index contributed by atoms with van der Waals surface area (Å²) in [5.74, 6) is 0.954. The number of aromatic nitrogens is 2. The smallest absolute Gasteiger partial charge is 0.328 e. The maximum absolute atomic E-state index is 12.4. The minimum atomic E-state index is -0.359. The first-order chi connectivity index (χ1) is 9.69. The van der Waals surface area contributed by atoms with E-state index in [1.165, 1.54) is 4.57 Å². The van der Waals surface area contributed by atoms with Crippen LogP contribution < -0.4 is 21.3 Å². The maximum Gasteiger partial charge on any atom is 0.328 e. The molecule has 3 rings (SSSR count). The van der Waals surface area contributed by atoms with Gasteiger partial charge < -0.3 is 15.0 Å². The molecule has 0 spiro atoms. The van der Waals surface area contributed by atoms with Gasteiger partial charge in [0.15, 0.2) is 0 Å². The van der Waals surface area contributed by atoms with Gasteiger partial charge in [0.05, 0.1) is 18.0 Å². The lowest BCUT2D eigenvalue weighted by Gasteiger charge is -2.11. The van der Waals surface area contributed by atoms with Crippen molar-refractivity contribution in [3.05, 3.63) is 39.0 Å². The van der Waals surface area contributed by atoms with Gasteiger partial charge in [0.1, 0.15) is 5.75 Å². The van der Waals surface area contributed by atoms with Gasteiger partial charge in [0.25, 0.3) is 5.56 Å². The summed E-state index contributed by atoms with van der Waals surface area (Å²) in [5.41, 5.74) is -0.0823. The van der Waals surface area contributed by atoms with Crippen molar-refractivity contribution in [2.24, 2.45) is 5.92 Å². The van der Waals surface area contributed by atoms with E-state index in [2.05, 4.69) is 10.3 Å². The highest BCUT2D eigenvalue weighted by atomic mass is 16.5. The third-order valence-corrected chi connectivity index (χ3v) is 3.79. The Balaban J connectivity index is 2.09. The lowest BCUT2D eigenvalue weighted by Crippen LogP contribution is -2.37. The topological polar surface area (TPSA) is 76.1 Å². The number of hydrogen-bond acceptors (Lipinski definition) is 4. The highest BCUT2D eigenvalue weighted by Gasteiger charge is 2.17. The molecule has 6 nitrogen and oxygen atoms in total. The Hall–Kier alpha value is -2.08. The second-order valence-electron chi connectivity index (χ2n) is 5.12. The zero-order valence-corrected chi connectivity index (χ0v) is 11.3. The Labute approximate surface area is 115 Å². The van der Waals surface area contributed by atoms with Gasteiger partial charge in [-0.15, -0.1) is 0 Å². The second-order valence-corrected chi connectivity index (χ2v) is 5.12. The van der Waals surface area contributed by atoms with Crippen LogP contribution in [-0.4, -0.2) is 29.8 Å². The lowest BCUT2D eigenvalue weighted by molar-refractivity contribution is 0.415. The third kappa shape index (κ3) is 2.22. The van der Waals surface area contributed by atoms with E-state index in [4.69, 9.17) is 4.74 Å². The van der Waals surface area contributed by atoms with Crippen molar-refractivity contribution in [3.8, 4) is 5.75 Å². The van der Waals surface area contributed by atoms with Crippen LogP contribution in [0.2, 0.25) is 0 Å². The molecule has 0 aliphatic carbocycles. The number of aromatic amines is 1. The monoisotopic (exact) mass is 275 g/mol. The molecule has 1 atom stereocenters. The van der Waals surface area contributed by atoms with Gasteiger partial charge >= 0.3 is 5.69 Å². The average molecular weight is 275 g/mol. The summed E-state index contributed by atoms with van der Waals surface area (Å²) < 4.78 is 6.40. The molecular formula is C14H17N3O3. The van der Waals surface area contributed by atoms with Crippen molar-refractivity contribution < 1.29 is 4.74 Å². The number of rotatable bonds is 3. The average Bonchev–Trinajstić information content (AvgIpc) is 2.95. The van der Waals surface area contributed by atoms with E-state index in [9.17, 15) is 9.59 Å². The fourth-order valence-corrected chi connectivity index (χ4v) is 2.65. The number of H-pyrrole nitrogens is 1. The van der Waals surface area contributed by atoms with Crippen molar-refractivity contribution in [2.45, 2.75) is 13.0 Å². The van der Waals surface area contributed by atoms with Crippen LogP contribution in [0.5, 0.6) is 5.75 Å². The quantitative estimate of drug-likeness (QED) is 0.845. The van der Waals surface area contributed by atoms with E-state index < -0.39 is 0 Å². The van der Waals surface area contributed by atoms with Crippen molar-refractivity contribution in [1.29, 1.82) is 0 Å². The highest BCUT2D eigenvalue weighted by Crippen LogP contribution is 2.15. The van der Waals surface area contributed by atoms with Crippen molar-refractivity contribution >= 4 is 10.9 Å². The molecule has 1 fully saturated rings. The first kappa shape index (κ1) is 12.9. The maximum atomic E-state index is 12.4. The number of nitrogens with one attached hydrogen (secondary N) is 2. The summed E-state index contributed by atoms with van der Waals surface area (Å²) in [6.07, 6.45) is 0.993. The fourth-order valence-electron chi connectivity index (χ4n) is 2.65. The van der Waals surface area contributed by atoms with Crippen molar-refractivity contribution in [1.82, 2.24) is 14.9 Å². The van der Waals surface area contributed by atoms with Gasteiger partial charge in [0.2, 0.25) is 0 Å². The molecule has 2 heterocycles. The number of benzene rings is 1. The van der Waals surface area contributed by atoms with E-state index in [1.54, 1.807) is 25.3 Å². The molecule has 20 heavy (non-hydrogen) atoms. The molecule has 2 aromatic rings. The molecule has 1 aliphatic heterocycles. The van der Waals surface area contributed by atoms with Crippen LogP contribution in [0.25, 0.3) is 10.9 Å². The largest absolute Gasteiger partial charge is 0.497 e. The Morgan fingerprint density at radius 3 is 2.95 bits per heavy atom. The van der Waals surface area contributed by atoms with E-state index in [0.29, 0.717) is 29.1 Å². The molecule has 1 aromatic carbocycles. The number of nitrogens with zero attached hydrogens (tertiary/aromatic N) is 1. The van der Waals surface area contributed by atoms with Crippen LogP contribution in [0.4, 0.5) is 0 Å². The molecular weight excluding hydrogens is 258 g/mol. The summed E-state index contributed by atoms with van der Waals surface area (Å²) in [6, 6.07) is 5.08. The zero-order chi connectivity index (χ0) is 14.1. The van der Waals surface area contributed by atoms with Gasteiger partial charge in [-0.05, 0) is 37.6 Å². The van der Waals surface area contributed by atoms with Gasteiger partial charge in [-0.3, -0.25) is 9.36 Å². The fraction of sp³-hybridized carbons (Fsp3) is 0.429. The molecule has 1 aliphatic rings. The van der Waals surface area contributed by atoms with Gasteiger partial charge in [-0.1, -0.05) is 0 Å². The van der Waals surface area contributed by atoms with Crippen LogP contribution in [0.15, 0.2) is 27.8 Å². The lowest BCUT2D eigenvalue weighted by atomic mass is 10.1. The summed E-state index contributed by atoms with van der Waals surface area (Å²) in [7, 11) is 1.55. The second kappa shape index (κ2) is 5.13. The van der Waals surface area contributed by atoms with Gasteiger partial charge in [-0.25, -0.2) is 4.79 Å². The first-order valence-electron chi connectivity index (χ1n) is 6.70. The Morgan fingerprint density at radius 1 is 1.40 bits per heavy atom. The van der Waals surface area contributed by atoms with Crippen molar-refractivity contribution in [3.63, 3.8) is 0 Å². The molecule has 1 aromatic heterocycles. The number of hydrogen-bond donors (Lipinski definition) is 2. The molecule has 0 amide bonds. The molecule has 0 radical (unpaired) electrons. The standard InChI is InChI=1S/C14H17N3O3/c1-20-10-2-3-11-12(6-10)16-14(19)17(13(11)18)8-9-4-5-15-7-9/h2-3,6,9,15H,4-5,7-8H2,1H3,(H,16,19). The summed E-state index contributed by atoms with van der Waals surface area (Å²) in [6.45, 7) is 2.26. The van der Waals surface area contributed by atoms with Gasteiger partial charge in [0, 0.05) is 12.6 Å².